The van der Waals surface area contributed by atoms with Crippen LogP contribution in [0, 0.1) is 13.8 Å². The number of likely N-dealkylation sites (tertiary alicyclic amines) is 1. The van der Waals surface area contributed by atoms with Crippen molar-refractivity contribution in [3.63, 3.8) is 0 Å². The highest BCUT2D eigenvalue weighted by molar-refractivity contribution is 7.07. The van der Waals surface area contributed by atoms with E-state index in [1.54, 1.807) is 0 Å². The van der Waals surface area contributed by atoms with Crippen LogP contribution in [0.3, 0.4) is 0 Å². The molecular formula is C16H19ClN4OS. The summed E-state index contributed by atoms with van der Waals surface area (Å²) in [7, 11) is 0. The maximum absolute atomic E-state index is 6.32. The molecule has 7 heteroatoms. The quantitative estimate of drug-likeness (QED) is 0.590. The maximum Gasteiger partial charge on any atom is 0.298 e. The molecule has 0 unspecified atom stereocenters. The number of hydrogen-bond donors (Lipinski definition) is 0. The number of aryl methyl sites for hydroxylation is 2. The first-order valence-electron chi connectivity index (χ1n) is 7.68. The van der Waals surface area contributed by atoms with Crippen molar-refractivity contribution in [2.45, 2.75) is 33.1 Å². The first kappa shape index (κ1) is 16.2. The summed E-state index contributed by atoms with van der Waals surface area (Å²) in [5, 5.41) is 1.02. The zero-order chi connectivity index (χ0) is 16.2. The van der Waals surface area contributed by atoms with Gasteiger partial charge in [-0.2, -0.15) is 9.36 Å². The van der Waals surface area contributed by atoms with Gasteiger partial charge in [0, 0.05) is 24.6 Å². The Morgan fingerprint density at radius 2 is 2.04 bits per heavy atom. The second kappa shape index (κ2) is 7.27. The normalized spacial score (nSPS) is 15.3. The third-order valence-electron chi connectivity index (χ3n) is 3.71. The number of halogens is 1. The van der Waals surface area contributed by atoms with Gasteiger partial charge in [0.1, 0.15) is 11.6 Å². The van der Waals surface area contributed by atoms with Crippen molar-refractivity contribution in [3.8, 4) is 10.9 Å². The lowest BCUT2D eigenvalue weighted by molar-refractivity contribution is 0.351. The van der Waals surface area contributed by atoms with Crippen LogP contribution in [0.25, 0.3) is 0 Å². The van der Waals surface area contributed by atoms with E-state index < -0.39 is 0 Å². The summed E-state index contributed by atoms with van der Waals surface area (Å²) < 4.78 is 9.81. The molecule has 0 aliphatic carbocycles. The Labute approximate surface area is 145 Å². The first-order valence-corrected chi connectivity index (χ1v) is 8.83. The Morgan fingerprint density at radius 1 is 1.26 bits per heavy atom. The summed E-state index contributed by atoms with van der Waals surface area (Å²) in [5.41, 5.74) is 1.88. The fraction of sp³-hybridized carbons (Fsp3) is 0.438. The van der Waals surface area contributed by atoms with Crippen molar-refractivity contribution in [2.75, 3.05) is 13.1 Å². The highest BCUT2D eigenvalue weighted by Gasteiger charge is 2.11. The van der Waals surface area contributed by atoms with E-state index in [9.17, 15) is 0 Å². The van der Waals surface area contributed by atoms with Crippen LogP contribution >= 0.6 is 23.1 Å². The topological polar surface area (TPSA) is 50.6 Å². The van der Waals surface area contributed by atoms with Crippen LogP contribution in [-0.2, 0) is 0 Å². The van der Waals surface area contributed by atoms with Crippen LogP contribution in [0.5, 0.6) is 10.9 Å². The van der Waals surface area contributed by atoms with E-state index >= 15 is 0 Å². The van der Waals surface area contributed by atoms with Crippen molar-refractivity contribution >= 4 is 35.2 Å². The van der Waals surface area contributed by atoms with Gasteiger partial charge in [0.25, 0.3) is 5.19 Å². The van der Waals surface area contributed by atoms with E-state index in [0.29, 0.717) is 21.8 Å². The molecule has 0 bridgehead atoms. The molecule has 1 saturated heterocycles. The monoisotopic (exact) mass is 350 g/mol. The number of benzene rings is 1. The first-order chi connectivity index (χ1) is 11.1. The molecule has 1 aromatic heterocycles. The number of ether oxygens (including phenoxy) is 1. The molecule has 0 radical (unpaired) electrons. The summed E-state index contributed by atoms with van der Waals surface area (Å²) in [6, 6.07) is 3.72. The minimum Gasteiger partial charge on any atom is -0.428 e. The van der Waals surface area contributed by atoms with E-state index in [1.807, 2.05) is 32.3 Å². The Balaban J connectivity index is 1.75. The lowest BCUT2D eigenvalue weighted by atomic mass is 10.1. The predicted octanol–water partition coefficient (Wildman–Crippen LogP) is 4.75. The van der Waals surface area contributed by atoms with Gasteiger partial charge in [-0.25, -0.2) is 4.99 Å². The molecule has 1 aliphatic heterocycles. The summed E-state index contributed by atoms with van der Waals surface area (Å²) in [4.78, 5) is 11.0. The van der Waals surface area contributed by atoms with Gasteiger partial charge in [-0.15, -0.1) is 0 Å². The van der Waals surface area contributed by atoms with E-state index in [4.69, 9.17) is 16.3 Å². The summed E-state index contributed by atoms with van der Waals surface area (Å²) in [5.74, 6) is 1.28. The molecule has 2 heterocycles. The molecular weight excluding hydrogens is 332 g/mol. The Hall–Kier alpha value is -1.66. The number of aliphatic imine (C=N–C) groups is 1. The fourth-order valence-corrected chi connectivity index (χ4v) is 3.20. The highest BCUT2D eigenvalue weighted by atomic mass is 35.5. The number of hydrogen-bond acceptors (Lipinski definition) is 5. The lowest BCUT2D eigenvalue weighted by Gasteiger charge is -2.23. The molecule has 1 aliphatic rings. The average Bonchev–Trinajstić information content (AvgIpc) is 2.95. The van der Waals surface area contributed by atoms with Crippen LogP contribution < -0.4 is 4.74 Å². The molecule has 0 amide bonds. The van der Waals surface area contributed by atoms with Gasteiger partial charge in [-0.05, 0) is 50.8 Å². The second-order valence-electron chi connectivity index (χ2n) is 5.62. The SMILES string of the molecule is Cc1nsc(Oc2cc(C)c(/N=C/N3CCCCC3)cc2Cl)n1. The fourth-order valence-electron chi connectivity index (χ4n) is 2.45. The zero-order valence-corrected chi connectivity index (χ0v) is 14.8. The lowest BCUT2D eigenvalue weighted by Crippen LogP contribution is -2.28. The number of piperidine rings is 1. The minimum absolute atomic E-state index is 0.494. The summed E-state index contributed by atoms with van der Waals surface area (Å²) in [6.07, 6.45) is 5.71. The largest absolute Gasteiger partial charge is 0.428 e. The van der Waals surface area contributed by atoms with E-state index in [0.717, 1.165) is 24.3 Å². The van der Waals surface area contributed by atoms with E-state index in [2.05, 4.69) is 19.2 Å². The van der Waals surface area contributed by atoms with Crippen LogP contribution in [0.15, 0.2) is 17.1 Å². The second-order valence-corrected chi connectivity index (χ2v) is 6.74. The number of aromatic nitrogens is 2. The molecule has 122 valence electrons. The summed E-state index contributed by atoms with van der Waals surface area (Å²) in [6.45, 7) is 5.98. The van der Waals surface area contributed by atoms with Gasteiger partial charge < -0.3 is 9.64 Å². The molecule has 1 aromatic carbocycles. The smallest absolute Gasteiger partial charge is 0.298 e. The number of rotatable bonds is 4. The standard InChI is InChI=1S/C16H19ClN4OS/c1-11-8-15(22-16-19-12(2)20-23-16)13(17)9-14(11)18-10-21-6-4-3-5-7-21/h8-10H,3-7H2,1-2H3/b18-10+. The van der Waals surface area contributed by atoms with E-state index in [1.165, 1.54) is 30.8 Å². The van der Waals surface area contributed by atoms with Crippen molar-refractivity contribution in [1.82, 2.24) is 14.3 Å². The molecule has 0 saturated carbocycles. The third kappa shape index (κ3) is 4.20. The van der Waals surface area contributed by atoms with Gasteiger partial charge >= 0.3 is 0 Å². The van der Waals surface area contributed by atoms with Crippen molar-refractivity contribution in [1.29, 1.82) is 0 Å². The molecule has 1 fully saturated rings. The maximum atomic E-state index is 6.32. The zero-order valence-electron chi connectivity index (χ0n) is 13.3. The minimum atomic E-state index is 0.494. The molecule has 5 nitrogen and oxygen atoms in total. The molecule has 2 aromatic rings. The van der Waals surface area contributed by atoms with Gasteiger partial charge in [-0.3, -0.25) is 0 Å². The Morgan fingerprint density at radius 3 is 2.74 bits per heavy atom. The predicted molar refractivity (Wildman–Crippen MR) is 94.5 cm³/mol. The average molecular weight is 351 g/mol. The molecule has 23 heavy (non-hydrogen) atoms. The summed E-state index contributed by atoms with van der Waals surface area (Å²) >= 11 is 7.54. The molecule has 0 N–H and O–H groups in total. The molecule has 0 atom stereocenters. The third-order valence-corrected chi connectivity index (χ3v) is 4.69. The van der Waals surface area contributed by atoms with Crippen LogP contribution in [-0.4, -0.2) is 33.7 Å². The Kier molecular flexibility index (Phi) is 5.13. The van der Waals surface area contributed by atoms with Gasteiger partial charge in [0.05, 0.1) is 17.0 Å². The van der Waals surface area contributed by atoms with Crippen LogP contribution in [0.1, 0.15) is 30.7 Å². The van der Waals surface area contributed by atoms with Crippen LogP contribution in [0.2, 0.25) is 5.02 Å². The molecule has 0 spiro atoms. The highest BCUT2D eigenvalue weighted by Crippen LogP contribution is 2.35. The Bertz CT molecular complexity index is 710. The van der Waals surface area contributed by atoms with Gasteiger partial charge in [0.2, 0.25) is 0 Å². The van der Waals surface area contributed by atoms with Crippen LogP contribution in [0.4, 0.5) is 5.69 Å². The number of nitrogens with zero attached hydrogens (tertiary/aromatic N) is 4. The van der Waals surface area contributed by atoms with Crippen molar-refractivity contribution in [2.24, 2.45) is 4.99 Å². The van der Waals surface area contributed by atoms with Crippen molar-refractivity contribution < 1.29 is 4.74 Å². The van der Waals surface area contributed by atoms with Gasteiger partial charge in [-0.1, -0.05) is 11.6 Å². The van der Waals surface area contributed by atoms with Gasteiger partial charge in [0.15, 0.2) is 0 Å². The molecule has 3 rings (SSSR count). The van der Waals surface area contributed by atoms with Crippen molar-refractivity contribution in [3.05, 3.63) is 28.5 Å². The van der Waals surface area contributed by atoms with E-state index in [-0.39, 0.29) is 0 Å².